The summed E-state index contributed by atoms with van der Waals surface area (Å²) >= 11 is 11.2. The highest BCUT2D eigenvalue weighted by molar-refractivity contribution is 7.80. The molecule has 0 spiro atoms. The van der Waals surface area contributed by atoms with Gasteiger partial charge < -0.3 is 9.88 Å². The normalized spacial score (nSPS) is 15.7. The molecule has 0 unspecified atom stereocenters. The van der Waals surface area contributed by atoms with Gasteiger partial charge in [-0.2, -0.15) is 0 Å². The van der Waals surface area contributed by atoms with Crippen molar-refractivity contribution in [3.05, 3.63) is 76.1 Å². The number of fused-ring (bicyclic) bond motifs is 1. The number of aromatic nitrogens is 1. The molecule has 28 heavy (non-hydrogen) atoms. The maximum absolute atomic E-state index is 12.4. The quantitative estimate of drug-likeness (QED) is 0.505. The maximum atomic E-state index is 12.4. The van der Waals surface area contributed by atoms with Crippen molar-refractivity contribution in [3.63, 3.8) is 0 Å². The molecule has 1 N–H and O–H groups in total. The fourth-order valence-corrected chi connectivity index (χ4v) is 3.87. The summed E-state index contributed by atoms with van der Waals surface area (Å²) in [5, 5.41) is 5.28. The molecular formula is C22H20ClN3OS. The number of hydrogen-bond acceptors (Lipinski definition) is 2. The van der Waals surface area contributed by atoms with Gasteiger partial charge in [0.1, 0.15) is 5.70 Å². The third-order valence-corrected chi connectivity index (χ3v) is 5.67. The van der Waals surface area contributed by atoms with Crippen LogP contribution in [-0.4, -0.2) is 27.5 Å². The van der Waals surface area contributed by atoms with E-state index in [1.54, 1.807) is 7.05 Å². The Bertz CT molecular complexity index is 1110. The van der Waals surface area contributed by atoms with Crippen LogP contribution >= 0.6 is 23.8 Å². The Labute approximate surface area is 174 Å². The minimum Gasteiger partial charge on any atom is -0.342 e. The third kappa shape index (κ3) is 3.32. The summed E-state index contributed by atoms with van der Waals surface area (Å²) in [7, 11) is 1.68. The van der Waals surface area contributed by atoms with E-state index in [0.717, 1.165) is 28.9 Å². The zero-order chi connectivity index (χ0) is 19.8. The number of nitrogens with one attached hydrogen (secondary N) is 1. The van der Waals surface area contributed by atoms with Gasteiger partial charge in [0.25, 0.3) is 5.91 Å². The Balaban J connectivity index is 1.83. The number of benzene rings is 2. The van der Waals surface area contributed by atoms with Crippen LogP contribution in [0.15, 0.2) is 54.4 Å². The summed E-state index contributed by atoms with van der Waals surface area (Å²) in [5.74, 6) is -0.116. The van der Waals surface area contributed by atoms with E-state index in [2.05, 4.69) is 41.2 Å². The molecule has 1 aliphatic heterocycles. The van der Waals surface area contributed by atoms with Gasteiger partial charge in [0.05, 0.1) is 5.52 Å². The molecule has 1 saturated heterocycles. The van der Waals surface area contributed by atoms with Gasteiger partial charge in [-0.15, -0.1) is 0 Å². The summed E-state index contributed by atoms with van der Waals surface area (Å²) in [6.07, 6.45) is 4.92. The van der Waals surface area contributed by atoms with Crippen LogP contribution < -0.4 is 5.32 Å². The molecular weight excluding hydrogens is 390 g/mol. The molecule has 6 heteroatoms. The van der Waals surface area contributed by atoms with Crippen LogP contribution in [0.4, 0.5) is 0 Å². The Morgan fingerprint density at radius 2 is 1.93 bits per heavy atom. The van der Waals surface area contributed by atoms with E-state index in [-0.39, 0.29) is 5.91 Å². The second-order valence-corrected chi connectivity index (χ2v) is 7.68. The molecule has 0 atom stereocenters. The van der Waals surface area contributed by atoms with E-state index in [1.807, 2.05) is 30.3 Å². The molecule has 142 valence electrons. The van der Waals surface area contributed by atoms with Gasteiger partial charge >= 0.3 is 0 Å². The Hall–Kier alpha value is -2.63. The number of thiocarbonyl (C=S) groups is 1. The van der Waals surface area contributed by atoms with Crippen LogP contribution in [0.1, 0.15) is 23.6 Å². The van der Waals surface area contributed by atoms with E-state index in [1.165, 1.54) is 21.5 Å². The summed E-state index contributed by atoms with van der Waals surface area (Å²) < 4.78 is 2.24. The molecule has 1 aliphatic rings. The topological polar surface area (TPSA) is 37.3 Å². The molecule has 2 heterocycles. The highest BCUT2D eigenvalue weighted by Crippen LogP contribution is 2.28. The second-order valence-electron chi connectivity index (χ2n) is 6.86. The first-order valence-electron chi connectivity index (χ1n) is 9.14. The number of carbonyl (C=O) groups excluding carboxylic acids is 1. The summed E-state index contributed by atoms with van der Waals surface area (Å²) in [5.41, 5.74) is 5.12. The number of aryl methyl sites for hydroxylation is 1. The van der Waals surface area contributed by atoms with Crippen molar-refractivity contribution in [1.82, 2.24) is 14.8 Å². The number of halogens is 1. The zero-order valence-corrected chi connectivity index (χ0v) is 17.3. The van der Waals surface area contributed by atoms with Crippen LogP contribution in [0.25, 0.3) is 17.0 Å². The highest BCUT2D eigenvalue weighted by atomic mass is 35.5. The Kier molecular flexibility index (Phi) is 4.96. The van der Waals surface area contributed by atoms with Crippen LogP contribution in [0.5, 0.6) is 0 Å². The molecule has 0 aliphatic carbocycles. The van der Waals surface area contributed by atoms with Crippen molar-refractivity contribution in [1.29, 1.82) is 0 Å². The predicted molar refractivity (Wildman–Crippen MR) is 118 cm³/mol. The summed E-state index contributed by atoms with van der Waals surface area (Å²) in [4.78, 5) is 13.8. The molecule has 2 aromatic carbocycles. The number of likely N-dealkylation sites (N-methyl/N-ethyl adjacent to an activating group) is 1. The van der Waals surface area contributed by atoms with E-state index < -0.39 is 0 Å². The number of carbonyl (C=O) groups is 1. The molecule has 4 nitrogen and oxygen atoms in total. The Morgan fingerprint density at radius 1 is 1.18 bits per heavy atom. The molecule has 1 fully saturated rings. The van der Waals surface area contributed by atoms with E-state index in [4.69, 9.17) is 23.8 Å². The summed E-state index contributed by atoms with van der Waals surface area (Å²) in [6, 6.07) is 14.2. The van der Waals surface area contributed by atoms with Crippen molar-refractivity contribution in [2.75, 3.05) is 7.05 Å². The fraction of sp³-hybridized carbons (Fsp3) is 0.182. The van der Waals surface area contributed by atoms with Crippen LogP contribution in [0, 0.1) is 0 Å². The monoisotopic (exact) mass is 409 g/mol. The average molecular weight is 410 g/mol. The van der Waals surface area contributed by atoms with E-state index in [0.29, 0.717) is 10.8 Å². The van der Waals surface area contributed by atoms with Crippen molar-refractivity contribution in [3.8, 4) is 0 Å². The number of para-hydroxylation sites is 1. The molecule has 4 rings (SSSR count). The van der Waals surface area contributed by atoms with Gasteiger partial charge in [-0.1, -0.05) is 48.9 Å². The van der Waals surface area contributed by atoms with Gasteiger partial charge in [0.2, 0.25) is 0 Å². The zero-order valence-electron chi connectivity index (χ0n) is 15.7. The van der Waals surface area contributed by atoms with Gasteiger partial charge in [-0.25, -0.2) is 0 Å². The highest BCUT2D eigenvalue weighted by Gasteiger charge is 2.27. The van der Waals surface area contributed by atoms with Crippen LogP contribution in [-0.2, 0) is 17.8 Å². The lowest BCUT2D eigenvalue weighted by atomic mass is 10.1. The van der Waals surface area contributed by atoms with E-state index >= 15 is 0 Å². The third-order valence-electron chi connectivity index (χ3n) is 5.04. The lowest BCUT2D eigenvalue weighted by Gasteiger charge is -2.09. The lowest BCUT2D eigenvalue weighted by molar-refractivity contribution is -0.121. The van der Waals surface area contributed by atoms with Gasteiger partial charge in [-0.05, 0) is 48.0 Å². The Morgan fingerprint density at radius 3 is 2.57 bits per heavy atom. The number of amides is 1. The fourth-order valence-electron chi connectivity index (χ4n) is 3.56. The minimum absolute atomic E-state index is 0.116. The van der Waals surface area contributed by atoms with Crippen molar-refractivity contribution < 1.29 is 4.79 Å². The molecule has 3 aromatic rings. The first-order valence-corrected chi connectivity index (χ1v) is 9.92. The molecule has 0 saturated carbocycles. The first kappa shape index (κ1) is 18.7. The van der Waals surface area contributed by atoms with Crippen molar-refractivity contribution in [2.24, 2.45) is 0 Å². The number of rotatable bonds is 4. The van der Waals surface area contributed by atoms with Gasteiger partial charge in [-0.3, -0.25) is 9.69 Å². The summed E-state index contributed by atoms with van der Waals surface area (Å²) in [6.45, 7) is 2.88. The van der Waals surface area contributed by atoms with Crippen molar-refractivity contribution in [2.45, 2.75) is 19.9 Å². The van der Waals surface area contributed by atoms with E-state index in [9.17, 15) is 4.79 Å². The number of hydrogen-bond donors (Lipinski definition) is 1. The van der Waals surface area contributed by atoms with Gasteiger partial charge in [0.15, 0.2) is 5.11 Å². The average Bonchev–Trinajstić information content (AvgIpc) is 3.16. The standard InChI is InChI=1S/C22H20ClN3OS/c1-3-15-5-4-6-18-16(11-19-21(27)25(2)22(28)24-19)13-26(20(15)18)12-14-7-9-17(23)10-8-14/h4-11,13H,3,12H2,1-2H3,(H,24,28)/b19-11-. The number of nitrogens with zero attached hydrogens (tertiary/aromatic N) is 2. The maximum Gasteiger partial charge on any atom is 0.276 e. The molecule has 1 amide bonds. The largest absolute Gasteiger partial charge is 0.342 e. The minimum atomic E-state index is -0.116. The molecule has 1 aromatic heterocycles. The molecule has 0 radical (unpaired) electrons. The van der Waals surface area contributed by atoms with Crippen LogP contribution in [0.2, 0.25) is 5.02 Å². The first-order chi connectivity index (χ1) is 13.5. The lowest BCUT2D eigenvalue weighted by Crippen LogP contribution is -2.25. The van der Waals surface area contributed by atoms with Gasteiger partial charge in [0, 0.05) is 35.8 Å². The second kappa shape index (κ2) is 7.41. The SMILES string of the molecule is CCc1cccc2c(/C=C3\NC(=S)N(C)C3=O)cn(Cc3ccc(Cl)cc3)c12. The smallest absolute Gasteiger partial charge is 0.276 e. The van der Waals surface area contributed by atoms with Crippen LogP contribution in [0.3, 0.4) is 0 Å². The van der Waals surface area contributed by atoms with Crippen molar-refractivity contribution >= 4 is 51.8 Å². The predicted octanol–water partition coefficient (Wildman–Crippen LogP) is 4.59. The molecule has 0 bridgehead atoms.